The minimum absolute atomic E-state index is 0. The van der Waals surface area contributed by atoms with Crippen LogP contribution in [0.4, 0.5) is 0 Å². The van der Waals surface area contributed by atoms with E-state index in [1.54, 1.807) is 6.07 Å². The Morgan fingerprint density at radius 2 is 1.65 bits per heavy atom. The third-order valence-electron chi connectivity index (χ3n) is 3.97. The second kappa shape index (κ2) is 9.19. The molecule has 0 N–H and O–H groups in total. The summed E-state index contributed by atoms with van der Waals surface area (Å²) in [7, 11) is -4.47. The molecule has 0 saturated carbocycles. The first-order valence-corrected chi connectivity index (χ1v) is 9.38. The first-order valence-electron chi connectivity index (χ1n) is 7.97. The fraction of sp³-hybridized carbons (Fsp3) is 0.444. The predicted octanol–water partition coefficient (Wildman–Crippen LogP) is 1.43. The topological polar surface area (TPSA) is 57.2 Å². The molecular formula is C18H23NaO3S. The third-order valence-corrected chi connectivity index (χ3v) is 4.84. The van der Waals surface area contributed by atoms with E-state index in [9.17, 15) is 13.0 Å². The molecule has 23 heavy (non-hydrogen) atoms. The van der Waals surface area contributed by atoms with E-state index < -0.39 is 10.1 Å². The Kier molecular flexibility index (Phi) is 8.25. The molecule has 2 aromatic carbocycles. The fourth-order valence-corrected chi connectivity index (χ4v) is 3.62. The molecule has 120 valence electrons. The van der Waals surface area contributed by atoms with Gasteiger partial charge in [0.25, 0.3) is 0 Å². The third kappa shape index (κ3) is 5.30. The molecule has 0 aromatic heterocycles. The number of unbranched alkanes of at least 4 members (excludes halogenated alkanes) is 2. The van der Waals surface area contributed by atoms with E-state index in [4.69, 9.17) is 0 Å². The molecule has 0 heterocycles. The van der Waals surface area contributed by atoms with Crippen molar-refractivity contribution in [3.63, 3.8) is 0 Å². The van der Waals surface area contributed by atoms with Crippen molar-refractivity contribution >= 4 is 20.9 Å². The number of rotatable bonds is 7. The molecule has 0 atom stereocenters. The maximum absolute atomic E-state index is 11.7. The Labute approximate surface area is 161 Å². The molecule has 0 saturated heterocycles. The molecule has 2 aromatic rings. The number of aryl methyl sites for hydroxylation is 2. The van der Waals surface area contributed by atoms with Gasteiger partial charge in [0, 0.05) is 5.39 Å². The van der Waals surface area contributed by atoms with Crippen LogP contribution in [0.1, 0.15) is 50.7 Å². The molecule has 0 aliphatic carbocycles. The predicted molar refractivity (Wildman–Crippen MR) is 89.1 cm³/mol. The maximum Gasteiger partial charge on any atom is 1.00 e. The number of fused-ring (bicyclic) bond motifs is 1. The average molecular weight is 342 g/mol. The summed E-state index contributed by atoms with van der Waals surface area (Å²) in [5, 5.41) is 1.47. The van der Waals surface area contributed by atoms with E-state index in [1.165, 1.54) is 0 Å². The van der Waals surface area contributed by atoms with E-state index >= 15 is 0 Å². The zero-order valence-corrected chi connectivity index (χ0v) is 17.1. The normalized spacial score (nSPS) is 11.4. The van der Waals surface area contributed by atoms with Gasteiger partial charge >= 0.3 is 29.6 Å². The number of hydrogen-bond acceptors (Lipinski definition) is 3. The first kappa shape index (κ1) is 20.7. The molecule has 0 amide bonds. The quantitative estimate of drug-likeness (QED) is 0.565. The molecule has 0 spiro atoms. The Bertz CT molecular complexity index is 754. The zero-order chi connectivity index (χ0) is 16.2. The molecule has 0 aliphatic rings. The van der Waals surface area contributed by atoms with Crippen LogP contribution in [0.25, 0.3) is 10.8 Å². The molecule has 0 unspecified atom stereocenters. The second-order valence-corrected chi connectivity index (χ2v) is 7.12. The smallest absolute Gasteiger partial charge is 0.744 e. The largest absolute Gasteiger partial charge is 1.00 e. The van der Waals surface area contributed by atoms with E-state index in [1.807, 2.05) is 24.3 Å². The van der Waals surface area contributed by atoms with Gasteiger partial charge in [-0.2, -0.15) is 0 Å². The van der Waals surface area contributed by atoms with Crippen molar-refractivity contribution in [1.29, 1.82) is 0 Å². The van der Waals surface area contributed by atoms with Gasteiger partial charge in [0.05, 0.1) is 4.90 Å². The van der Waals surface area contributed by atoms with Crippen molar-refractivity contribution in [2.75, 3.05) is 0 Å². The van der Waals surface area contributed by atoms with Gasteiger partial charge < -0.3 is 4.55 Å². The summed E-state index contributed by atoms with van der Waals surface area (Å²) in [6.07, 6.45) is 5.63. The van der Waals surface area contributed by atoms with Crippen molar-refractivity contribution in [1.82, 2.24) is 0 Å². The van der Waals surface area contributed by atoms with Crippen molar-refractivity contribution in [3.05, 3.63) is 41.5 Å². The second-order valence-electron chi connectivity index (χ2n) is 5.77. The van der Waals surface area contributed by atoms with Crippen LogP contribution >= 0.6 is 0 Å². The van der Waals surface area contributed by atoms with Crippen LogP contribution in [0, 0.1) is 0 Å². The van der Waals surface area contributed by atoms with Gasteiger partial charge in [-0.3, -0.25) is 0 Å². The Hall–Kier alpha value is -0.390. The van der Waals surface area contributed by atoms with Crippen LogP contribution in [0.2, 0.25) is 0 Å². The minimum atomic E-state index is -4.47. The van der Waals surface area contributed by atoms with Gasteiger partial charge in [-0.15, -0.1) is 0 Å². The monoisotopic (exact) mass is 342 g/mol. The summed E-state index contributed by atoms with van der Waals surface area (Å²) < 4.78 is 35.2. The van der Waals surface area contributed by atoms with Crippen LogP contribution in [0.5, 0.6) is 0 Å². The Morgan fingerprint density at radius 1 is 1.00 bits per heavy atom. The Morgan fingerprint density at radius 3 is 2.26 bits per heavy atom. The molecular weight excluding hydrogens is 319 g/mol. The van der Waals surface area contributed by atoms with Crippen molar-refractivity contribution < 1.29 is 42.5 Å². The molecule has 0 aliphatic heterocycles. The summed E-state index contributed by atoms with van der Waals surface area (Å²) in [5.74, 6) is 0. The van der Waals surface area contributed by atoms with Crippen LogP contribution in [-0.4, -0.2) is 13.0 Å². The SMILES string of the molecule is CCCCc1cc(S(=O)(=O)[O-])c2c(CCCC)cccc2c1.[Na+]. The molecule has 5 heteroatoms. The van der Waals surface area contributed by atoms with Gasteiger partial charge in [0.1, 0.15) is 10.1 Å². The fourth-order valence-electron chi connectivity index (χ4n) is 2.82. The average Bonchev–Trinajstić information content (AvgIpc) is 2.48. The number of hydrogen-bond donors (Lipinski definition) is 0. The molecule has 0 bridgehead atoms. The van der Waals surface area contributed by atoms with Crippen molar-refractivity contribution in [2.24, 2.45) is 0 Å². The van der Waals surface area contributed by atoms with Crippen LogP contribution in [-0.2, 0) is 23.0 Å². The van der Waals surface area contributed by atoms with Crippen molar-refractivity contribution in [2.45, 2.75) is 57.3 Å². The zero-order valence-electron chi connectivity index (χ0n) is 14.3. The van der Waals surface area contributed by atoms with Crippen LogP contribution in [0.15, 0.2) is 35.2 Å². The van der Waals surface area contributed by atoms with Gasteiger partial charge in [0.15, 0.2) is 0 Å². The van der Waals surface area contributed by atoms with Crippen LogP contribution in [0.3, 0.4) is 0 Å². The van der Waals surface area contributed by atoms with Gasteiger partial charge in [0.2, 0.25) is 0 Å². The van der Waals surface area contributed by atoms with Crippen molar-refractivity contribution in [3.8, 4) is 0 Å². The minimum Gasteiger partial charge on any atom is -0.744 e. The maximum atomic E-state index is 11.7. The van der Waals surface area contributed by atoms with E-state index in [0.717, 1.165) is 55.0 Å². The van der Waals surface area contributed by atoms with E-state index in [2.05, 4.69) is 13.8 Å². The molecule has 3 nitrogen and oxygen atoms in total. The Balaban J connectivity index is 0.00000264. The molecule has 0 fully saturated rings. The van der Waals surface area contributed by atoms with Gasteiger partial charge in [-0.1, -0.05) is 51.0 Å². The summed E-state index contributed by atoms with van der Waals surface area (Å²) in [4.78, 5) is -0.0530. The molecule has 2 rings (SSSR count). The standard InChI is InChI=1S/C18H24O3S.Na/c1-3-5-8-14-12-16-11-7-10-15(9-6-4-2)18(16)17(13-14)22(19,20)21;/h7,10-13H,3-6,8-9H2,1-2H3,(H,19,20,21);/q;+1/p-1. The summed E-state index contributed by atoms with van der Waals surface area (Å²) >= 11 is 0. The molecule has 0 radical (unpaired) electrons. The summed E-state index contributed by atoms with van der Waals surface area (Å²) in [6, 6.07) is 9.37. The van der Waals surface area contributed by atoms with Gasteiger partial charge in [-0.05, 0) is 48.3 Å². The first-order chi connectivity index (χ1) is 10.5. The van der Waals surface area contributed by atoms with E-state index in [0.29, 0.717) is 5.39 Å². The van der Waals surface area contributed by atoms with E-state index in [-0.39, 0.29) is 34.5 Å². The number of benzene rings is 2. The van der Waals surface area contributed by atoms with Gasteiger partial charge in [-0.25, -0.2) is 8.42 Å². The summed E-state index contributed by atoms with van der Waals surface area (Å²) in [5.41, 5.74) is 1.88. The summed E-state index contributed by atoms with van der Waals surface area (Å²) in [6.45, 7) is 4.19. The van der Waals surface area contributed by atoms with Crippen LogP contribution < -0.4 is 29.6 Å².